The molecule has 1 saturated carbocycles. The zero-order valence-corrected chi connectivity index (χ0v) is 23.1. The van der Waals surface area contributed by atoms with E-state index < -0.39 is 23.5 Å². The normalized spacial score (nSPS) is 17.2. The summed E-state index contributed by atoms with van der Waals surface area (Å²) in [6.07, 6.45) is 2.84. The molecule has 0 radical (unpaired) electrons. The van der Waals surface area contributed by atoms with Crippen molar-refractivity contribution in [3.05, 3.63) is 84.1 Å². The Balaban J connectivity index is 1.37. The van der Waals surface area contributed by atoms with Crippen molar-refractivity contribution in [3.63, 3.8) is 0 Å². The first kappa shape index (κ1) is 29.1. The van der Waals surface area contributed by atoms with Crippen LogP contribution in [-0.4, -0.2) is 45.8 Å². The van der Waals surface area contributed by atoms with Crippen LogP contribution in [0.4, 0.5) is 36.3 Å². The maximum atomic E-state index is 14.0. The third kappa shape index (κ3) is 7.07. The lowest BCUT2D eigenvalue weighted by Crippen LogP contribution is -2.45. The molecule has 3 aromatic rings. The smallest absolute Gasteiger partial charge is 0.350 e. The molecule has 11 heteroatoms. The number of carbonyl (C=O) groups is 2. The summed E-state index contributed by atoms with van der Waals surface area (Å²) in [5.74, 6) is -0.464. The molecule has 0 spiro atoms. The Bertz CT molecular complexity index is 1440. The lowest BCUT2D eigenvalue weighted by atomic mass is 9.81. The lowest BCUT2D eigenvalue weighted by molar-refractivity contribution is -0.137. The van der Waals surface area contributed by atoms with Gasteiger partial charge in [0.2, 0.25) is 11.9 Å². The Morgan fingerprint density at radius 2 is 1.83 bits per heavy atom. The zero-order valence-electron chi connectivity index (χ0n) is 23.1. The Morgan fingerprint density at radius 1 is 1.05 bits per heavy atom. The topological polar surface area (TPSA) is 99.2 Å². The number of anilines is 4. The number of nitrogens with one attached hydrogen (secondary N) is 3. The Kier molecular flexibility index (Phi) is 8.75. The third-order valence-electron chi connectivity index (χ3n) is 7.69. The highest BCUT2D eigenvalue weighted by molar-refractivity contribution is 6.01. The summed E-state index contributed by atoms with van der Waals surface area (Å²) >= 11 is 0. The van der Waals surface area contributed by atoms with Gasteiger partial charge in [-0.15, -0.1) is 0 Å². The van der Waals surface area contributed by atoms with Crippen molar-refractivity contribution >= 4 is 35.0 Å². The molecule has 2 fully saturated rings. The number of rotatable bonds is 9. The molecule has 1 aliphatic carbocycles. The first-order valence-electron chi connectivity index (χ1n) is 14.1. The predicted octanol–water partition coefficient (Wildman–Crippen LogP) is 6.42. The fourth-order valence-corrected chi connectivity index (χ4v) is 5.25. The summed E-state index contributed by atoms with van der Waals surface area (Å²) in [5.41, 5.74) is 1.11. The van der Waals surface area contributed by atoms with Gasteiger partial charge in [-0.1, -0.05) is 50.1 Å². The van der Waals surface area contributed by atoms with Crippen molar-refractivity contribution in [2.45, 2.75) is 50.7 Å². The van der Waals surface area contributed by atoms with Crippen LogP contribution in [0.3, 0.4) is 0 Å². The molecule has 220 valence electrons. The number of hydrogen-bond donors (Lipinski definition) is 3. The van der Waals surface area contributed by atoms with E-state index in [0.29, 0.717) is 36.7 Å². The van der Waals surface area contributed by atoms with Crippen molar-refractivity contribution in [3.8, 4) is 0 Å². The first-order valence-corrected chi connectivity index (χ1v) is 14.1. The van der Waals surface area contributed by atoms with Gasteiger partial charge in [0.1, 0.15) is 11.4 Å². The summed E-state index contributed by atoms with van der Waals surface area (Å²) in [6, 6.07) is 14.0. The van der Waals surface area contributed by atoms with Gasteiger partial charge in [-0.05, 0) is 61.1 Å². The van der Waals surface area contributed by atoms with Crippen molar-refractivity contribution in [1.82, 2.24) is 14.9 Å². The largest absolute Gasteiger partial charge is 0.421 e. The minimum atomic E-state index is -4.72. The van der Waals surface area contributed by atoms with E-state index in [4.69, 9.17) is 0 Å². The van der Waals surface area contributed by atoms with E-state index in [1.165, 1.54) is 6.42 Å². The van der Waals surface area contributed by atoms with Gasteiger partial charge >= 0.3 is 6.18 Å². The van der Waals surface area contributed by atoms with Crippen LogP contribution in [-0.2, 0) is 17.4 Å². The van der Waals surface area contributed by atoms with Gasteiger partial charge in [-0.25, -0.2) is 4.98 Å². The monoisotopic (exact) mass is 578 g/mol. The van der Waals surface area contributed by atoms with Crippen molar-refractivity contribution in [2.24, 2.45) is 5.92 Å². The van der Waals surface area contributed by atoms with Crippen molar-refractivity contribution < 1.29 is 22.8 Å². The minimum absolute atomic E-state index is 0.00258. The standard InChI is InChI=1S/C31H33F3N6O2/c1-2-27(41)37-26-17-21(16-20-8-6-9-20)13-14-25(26)38-28-24(31(32,33)34)18-35-30(39-28)36-23-12-7-15-40(19-23)29(42)22-10-4-3-5-11-22/h2-5,10-11,13-14,17-18,20,23H,1,6-9,12,15-16,19H2,(H,37,41)(H2,35,36,38,39)/t23-/m0/s1. The fraction of sp³-hybridized carbons (Fsp3) is 0.355. The molecular weight excluding hydrogens is 545 g/mol. The molecule has 8 nitrogen and oxygen atoms in total. The molecule has 1 atom stereocenters. The third-order valence-corrected chi connectivity index (χ3v) is 7.69. The van der Waals surface area contributed by atoms with Crippen LogP contribution in [0, 0.1) is 5.92 Å². The molecule has 2 amide bonds. The SMILES string of the molecule is C=CC(=O)Nc1cc(CC2CCC2)ccc1Nc1nc(N[C@H]2CCCN(C(=O)c3ccccc3)C2)ncc1C(F)(F)F. The highest BCUT2D eigenvalue weighted by Gasteiger charge is 2.36. The fourth-order valence-electron chi connectivity index (χ4n) is 5.25. The number of likely N-dealkylation sites (tertiary alicyclic amines) is 1. The quantitative estimate of drug-likeness (QED) is 0.254. The van der Waals surface area contributed by atoms with Gasteiger partial charge < -0.3 is 20.9 Å². The Hall–Kier alpha value is -4.41. The minimum Gasteiger partial charge on any atom is -0.350 e. The number of hydrogen-bond acceptors (Lipinski definition) is 6. The number of aromatic nitrogens is 2. The lowest BCUT2D eigenvalue weighted by Gasteiger charge is -2.33. The maximum Gasteiger partial charge on any atom is 0.421 e. The van der Waals surface area contributed by atoms with Gasteiger partial charge in [0.25, 0.3) is 5.91 Å². The van der Waals surface area contributed by atoms with E-state index in [0.717, 1.165) is 43.5 Å². The Morgan fingerprint density at radius 3 is 2.52 bits per heavy atom. The summed E-state index contributed by atoms with van der Waals surface area (Å²) in [5, 5.41) is 8.60. The molecule has 42 heavy (non-hydrogen) atoms. The van der Waals surface area contributed by atoms with Gasteiger partial charge in [0, 0.05) is 30.9 Å². The molecule has 1 aliphatic heterocycles. The van der Waals surface area contributed by atoms with Gasteiger partial charge in [-0.2, -0.15) is 18.2 Å². The second-order valence-electron chi connectivity index (χ2n) is 10.8. The number of amides is 2. The molecule has 2 aromatic carbocycles. The van der Waals surface area contributed by atoms with E-state index in [-0.39, 0.29) is 23.6 Å². The molecule has 1 saturated heterocycles. The average molecular weight is 579 g/mol. The number of halogens is 3. The van der Waals surface area contributed by atoms with E-state index in [9.17, 15) is 22.8 Å². The Labute approximate surface area is 242 Å². The average Bonchev–Trinajstić information content (AvgIpc) is 2.96. The highest BCUT2D eigenvalue weighted by atomic mass is 19.4. The number of piperidine rings is 1. The first-order chi connectivity index (χ1) is 20.2. The summed E-state index contributed by atoms with van der Waals surface area (Å²) in [7, 11) is 0. The molecular formula is C31H33F3N6O2. The van der Waals surface area contributed by atoms with E-state index in [1.807, 2.05) is 12.1 Å². The van der Waals surface area contributed by atoms with Gasteiger partial charge in [0.15, 0.2) is 0 Å². The van der Waals surface area contributed by atoms with E-state index >= 15 is 0 Å². The second kappa shape index (κ2) is 12.6. The molecule has 0 bridgehead atoms. The predicted molar refractivity (Wildman–Crippen MR) is 156 cm³/mol. The highest BCUT2D eigenvalue weighted by Crippen LogP contribution is 2.37. The van der Waals surface area contributed by atoms with Crippen LogP contribution in [0.15, 0.2) is 67.4 Å². The molecule has 5 rings (SSSR count). The van der Waals surface area contributed by atoms with Crippen LogP contribution >= 0.6 is 0 Å². The zero-order chi connectivity index (χ0) is 29.7. The molecule has 1 aromatic heterocycles. The summed E-state index contributed by atoms with van der Waals surface area (Å²) in [6.45, 7) is 4.42. The van der Waals surface area contributed by atoms with Crippen LogP contribution in [0.1, 0.15) is 53.6 Å². The molecule has 2 heterocycles. The van der Waals surface area contributed by atoms with Crippen LogP contribution in [0.25, 0.3) is 0 Å². The second-order valence-corrected chi connectivity index (χ2v) is 10.8. The molecule has 0 unspecified atom stereocenters. The van der Waals surface area contributed by atoms with Crippen LogP contribution in [0.5, 0.6) is 0 Å². The number of alkyl halides is 3. The van der Waals surface area contributed by atoms with E-state index in [1.54, 1.807) is 41.3 Å². The summed E-state index contributed by atoms with van der Waals surface area (Å²) < 4.78 is 42.0. The van der Waals surface area contributed by atoms with Crippen LogP contribution in [0.2, 0.25) is 0 Å². The molecule has 2 aliphatic rings. The summed E-state index contributed by atoms with van der Waals surface area (Å²) in [4.78, 5) is 35.0. The van der Waals surface area contributed by atoms with E-state index in [2.05, 4.69) is 32.5 Å². The number of benzene rings is 2. The van der Waals surface area contributed by atoms with Gasteiger partial charge in [-0.3, -0.25) is 9.59 Å². The van der Waals surface area contributed by atoms with Crippen LogP contribution < -0.4 is 16.0 Å². The van der Waals surface area contributed by atoms with Gasteiger partial charge in [0.05, 0.1) is 11.4 Å². The van der Waals surface area contributed by atoms with Crippen molar-refractivity contribution in [1.29, 1.82) is 0 Å². The van der Waals surface area contributed by atoms with Crippen molar-refractivity contribution in [2.75, 3.05) is 29.0 Å². The number of carbonyl (C=O) groups excluding carboxylic acids is 2. The maximum absolute atomic E-state index is 14.0. The molecule has 3 N–H and O–H groups in total. The number of nitrogens with zero attached hydrogens (tertiary/aromatic N) is 3.